The molecule has 0 radical (unpaired) electrons. The summed E-state index contributed by atoms with van der Waals surface area (Å²) < 4.78 is 14.0. The van der Waals surface area contributed by atoms with E-state index in [4.69, 9.17) is 9.31 Å². The highest BCUT2D eigenvalue weighted by Crippen LogP contribution is 2.47. The normalized spacial score (nSPS) is 14.0. The van der Waals surface area contributed by atoms with Crippen LogP contribution in [-0.2, 0) is 0 Å². The molecule has 4 nitrogen and oxygen atoms in total. The molecule has 7 aromatic carbocycles. The molecule has 0 bridgehead atoms. The highest BCUT2D eigenvalue weighted by atomic mass is 16.4. The summed E-state index contributed by atoms with van der Waals surface area (Å²) in [5, 5.41) is 0. The Morgan fingerprint density at radius 3 is 1.25 bits per heavy atom. The SMILES string of the molecule is c1ccc(N2c3cc4c(cc3B3Oc5ccccc5-c5cccc2c53)B2Oc3ccccc3-c3cccc(c32)N4c2ccccc2)cc1. The molecule has 0 atom stereocenters. The third kappa shape index (κ3) is 3.46. The van der Waals surface area contributed by atoms with Crippen molar-refractivity contribution in [3.8, 4) is 33.8 Å². The van der Waals surface area contributed by atoms with Gasteiger partial charge in [0.2, 0.25) is 0 Å². The zero-order valence-corrected chi connectivity index (χ0v) is 25.9. The molecule has 0 amide bonds. The van der Waals surface area contributed by atoms with Crippen LogP contribution in [0.15, 0.2) is 158 Å². The maximum absolute atomic E-state index is 7.00. The highest BCUT2D eigenvalue weighted by molar-refractivity contribution is 6.89. The fourth-order valence-corrected chi connectivity index (χ4v) is 8.30. The summed E-state index contributed by atoms with van der Waals surface area (Å²) in [6.07, 6.45) is 0. The van der Waals surface area contributed by atoms with Crippen LogP contribution < -0.4 is 41.0 Å². The van der Waals surface area contributed by atoms with Gasteiger partial charge in [0.1, 0.15) is 11.5 Å². The first-order valence-corrected chi connectivity index (χ1v) is 16.5. The molecule has 0 aliphatic carbocycles. The second-order valence-electron chi connectivity index (χ2n) is 12.8. The smallest absolute Gasteiger partial charge is 0.431 e. The molecule has 48 heavy (non-hydrogen) atoms. The molecule has 6 heteroatoms. The van der Waals surface area contributed by atoms with Gasteiger partial charge >= 0.3 is 13.8 Å². The second kappa shape index (κ2) is 9.69. The van der Waals surface area contributed by atoms with Crippen molar-refractivity contribution in [3.05, 3.63) is 158 Å². The minimum atomic E-state index is -0.274. The Morgan fingerprint density at radius 2 is 0.771 bits per heavy atom. The van der Waals surface area contributed by atoms with Gasteiger partial charge in [-0.1, -0.05) is 103 Å². The molecule has 0 saturated carbocycles. The van der Waals surface area contributed by atoms with E-state index >= 15 is 0 Å². The van der Waals surface area contributed by atoms with Gasteiger partial charge in [-0.3, -0.25) is 0 Å². The van der Waals surface area contributed by atoms with E-state index < -0.39 is 0 Å². The Bertz CT molecular complexity index is 2280. The van der Waals surface area contributed by atoms with Gasteiger partial charge in [-0.05, 0) is 76.6 Å². The molecule has 0 unspecified atom stereocenters. The maximum Gasteiger partial charge on any atom is 0.431 e. The largest absolute Gasteiger partial charge is 0.551 e. The number of rotatable bonds is 2. The van der Waals surface area contributed by atoms with Crippen molar-refractivity contribution >= 4 is 69.8 Å². The molecule has 4 aliphatic heterocycles. The van der Waals surface area contributed by atoms with Crippen LogP contribution in [0.2, 0.25) is 0 Å². The van der Waals surface area contributed by atoms with Crippen molar-refractivity contribution in [2.75, 3.05) is 9.80 Å². The summed E-state index contributed by atoms with van der Waals surface area (Å²) in [6.45, 7) is -0.548. The van der Waals surface area contributed by atoms with Gasteiger partial charge in [0.25, 0.3) is 0 Å². The average molecular weight is 612 g/mol. The highest BCUT2D eigenvalue weighted by Gasteiger charge is 2.47. The number of hydrogen-bond acceptors (Lipinski definition) is 4. The standard InChI is InChI=1S/C42H26B2N2O2/c1-3-13-27(14-4-1)45-35-21-11-19-31-29-17-7-9-23-39(29)47-43(41(31)35)33-25-34-38(26-37(33)45)46(28-15-5-2-6-16-28)36-22-12-20-32-30-18-8-10-24-40(30)48-44(34)42(32)36/h1-26H. The number of nitrogens with zero attached hydrogens (tertiary/aromatic N) is 2. The fraction of sp³-hybridized carbons (Fsp3) is 0. The summed E-state index contributed by atoms with van der Waals surface area (Å²) in [5.74, 6) is 1.82. The topological polar surface area (TPSA) is 24.9 Å². The number of benzene rings is 7. The van der Waals surface area contributed by atoms with Gasteiger partial charge in [0.05, 0.1) is 0 Å². The van der Waals surface area contributed by atoms with Gasteiger partial charge < -0.3 is 19.1 Å². The van der Waals surface area contributed by atoms with Crippen molar-refractivity contribution in [3.63, 3.8) is 0 Å². The Labute approximate surface area is 279 Å². The molecule has 0 saturated heterocycles. The molecule has 0 aromatic heterocycles. The van der Waals surface area contributed by atoms with Crippen LogP contribution in [-0.4, -0.2) is 13.8 Å². The van der Waals surface area contributed by atoms with Crippen molar-refractivity contribution in [2.24, 2.45) is 0 Å². The Hall–Kier alpha value is -6.13. The summed E-state index contributed by atoms with van der Waals surface area (Å²) in [7, 11) is 0. The summed E-state index contributed by atoms with van der Waals surface area (Å²) >= 11 is 0. The van der Waals surface area contributed by atoms with Crippen molar-refractivity contribution in [2.45, 2.75) is 0 Å². The van der Waals surface area contributed by atoms with E-state index in [1.807, 2.05) is 0 Å². The van der Waals surface area contributed by atoms with Crippen LogP contribution in [0, 0.1) is 0 Å². The number of para-hydroxylation sites is 4. The zero-order valence-electron chi connectivity index (χ0n) is 25.9. The number of anilines is 6. The van der Waals surface area contributed by atoms with Crippen molar-refractivity contribution in [1.29, 1.82) is 0 Å². The lowest BCUT2D eigenvalue weighted by molar-refractivity contribution is 0.589. The van der Waals surface area contributed by atoms with E-state index in [0.29, 0.717) is 0 Å². The zero-order chi connectivity index (χ0) is 31.3. The molecule has 222 valence electrons. The summed E-state index contributed by atoms with van der Waals surface area (Å²) in [4.78, 5) is 4.82. The first-order chi connectivity index (χ1) is 23.8. The molecule has 0 N–H and O–H groups in total. The predicted molar refractivity (Wildman–Crippen MR) is 198 cm³/mol. The summed E-state index contributed by atoms with van der Waals surface area (Å²) in [6, 6.07) is 56.2. The first-order valence-electron chi connectivity index (χ1n) is 16.5. The van der Waals surface area contributed by atoms with Crippen LogP contribution in [0.3, 0.4) is 0 Å². The van der Waals surface area contributed by atoms with E-state index in [-0.39, 0.29) is 13.8 Å². The third-order valence-electron chi connectivity index (χ3n) is 10.3. The molecule has 4 heterocycles. The molecule has 4 aliphatic rings. The first kappa shape index (κ1) is 26.0. The minimum Gasteiger partial charge on any atom is -0.551 e. The lowest BCUT2D eigenvalue weighted by Crippen LogP contribution is -2.60. The molecule has 11 rings (SSSR count). The molecular formula is C42H26B2N2O2. The van der Waals surface area contributed by atoms with Crippen LogP contribution in [0.4, 0.5) is 34.1 Å². The van der Waals surface area contributed by atoms with Gasteiger partial charge in [-0.2, -0.15) is 0 Å². The van der Waals surface area contributed by atoms with E-state index in [9.17, 15) is 0 Å². The fourth-order valence-electron chi connectivity index (χ4n) is 8.30. The lowest BCUT2D eigenvalue weighted by atomic mass is 9.45. The van der Waals surface area contributed by atoms with E-state index in [1.165, 1.54) is 22.1 Å². The van der Waals surface area contributed by atoms with Gasteiger partial charge in [0, 0.05) is 56.2 Å². The third-order valence-corrected chi connectivity index (χ3v) is 10.3. The Balaban J connectivity index is 1.23. The monoisotopic (exact) mass is 612 g/mol. The van der Waals surface area contributed by atoms with Crippen LogP contribution >= 0.6 is 0 Å². The van der Waals surface area contributed by atoms with Crippen LogP contribution in [0.25, 0.3) is 22.3 Å². The second-order valence-corrected chi connectivity index (χ2v) is 12.8. The average Bonchev–Trinajstić information content (AvgIpc) is 3.15. The molecule has 0 spiro atoms. The minimum absolute atomic E-state index is 0.274. The van der Waals surface area contributed by atoms with E-state index in [2.05, 4.69) is 168 Å². The quantitative estimate of drug-likeness (QED) is 0.188. The molecular weight excluding hydrogens is 586 g/mol. The Kier molecular flexibility index (Phi) is 5.25. The number of fused-ring (bicyclic) bond motifs is 8. The Morgan fingerprint density at radius 1 is 0.354 bits per heavy atom. The van der Waals surface area contributed by atoms with E-state index in [1.54, 1.807) is 0 Å². The van der Waals surface area contributed by atoms with Crippen molar-refractivity contribution in [1.82, 2.24) is 0 Å². The van der Waals surface area contributed by atoms with Gasteiger partial charge in [-0.25, -0.2) is 0 Å². The predicted octanol–water partition coefficient (Wildman–Crippen LogP) is 7.58. The lowest BCUT2D eigenvalue weighted by Gasteiger charge is -2.43. The molecule has 0 fully saturated rings. The van der Waals surface area contributed by atoms with Crippen LogP contribution in [0.5, 0.6) is 11.5 Å². The maximum atomic E-state index is 7.00. The van der Waals surface area contributed by atoms with Crippen LogP contribution in [0.1, 0.15) is 0 Å². The van der Waals surface area contributed by atoms with Crippen molar-refractivity contribution < 1.29 is 9.31 Å². The van der Waals surface area contributed by atoms with Gasteiger partial charge in [-0.15, -0.1) is 0 Å². The number of hydrogen-bond donors (Lipinski definition) is 0. The van der Waals surface area contributed by atoms with E-state index in [0.717, 1.165) is 67.7 Å². The van der Waals surface area contributed by atoms with Gasteiger partial charge in [0.15, 0.2) is 0 Å². The molecule has 7 aromatic rings. The summed E-state index contributed by atoms with van der Waals surface area (Å²) in [5.41, 5.74) is 16.0.